The monoisotopic (exact) mass is 316 g/mol. The van der Waals surface area contributed by atoms with Crippen molar-refractivity contribution in [2.45, 2.75) is 31.6 Å². The van der Waals surface area contributed by atoms with Gasteiger partial charge in [-0.3, -0.25) is 9.78 Å². The number of thioether (sulfide) groups is 1. The molecule has 1 atom stereocenters. The summed E-state index contributed by atoms with van der Waals surface area (Å²) in [5, 5.41) is 0.176. The van der Waals surface area contributed by atoms with Gasteiger partial charge in [0.15, 0.2) is 0 Å². The van der Waals surface area contributed by atoms with Crippen molar-refractivity contribution >= 4 is 17.7 Å². The van der Waals surface area contributed by atoms with Gasteiger partial charge in [0.1, 0.15) is 18.1 Å². The molecule has 1 aromatic rings. The molecule has 2 rings (SSSR count). The molecule has 0 N–H and O–H groups in total. The molecule has 7 heteroatoms. The van der Waals surface area contributed by atoms with Gasteiger partial charge in [-0.05, 0) is 12.5 Å². The van der Waals surface area contributed by atoms with E-state index in [2.05, 4.69) is 11.9 Å². The zero-order valence-electron chi connectivity index (χ0n) is 11.8. The second-order valence-electron chi connectivity index (χ2n) is 4.69. The minimum Gasteiger partial charge on any atom is -0.488 e. The first-order valence-electron chi connectivity index (χ1n) is 6.91. The standard InChI is InChI=1S/C14H18F2N2O2S/c1-2-3-13-18(6-7-21-13)14(19)11-8-10(4-5-17-11)20-9-12(15)16/h4-5,8,12-13H,2-3,6-7,9H2,1H3. The first-order chi connectivity index (χ1) is 10.1. The van der Waals surface area contributed by atoms with E-state index in [1.54, 1.807) is 16.7 Å². The predicted molar refractivity (Wildman–Crippen MR) is 77.9 cm³/mol. The molecule has 1 fully saturated rings. The molecule has 4 nitrogen and oxygen atoms in total. The van der Waals surface area contributed by atoms with Crippen LogP contribution in [0, 0.1) is 0 Å². The fraction of sp³-hybridized carbons (Fsp3) is 0.571. The van der Waals surface area contributed by atoms with E-state index in [0.717, 1.165) is 18.6 Å². The average Bonchev–Trinajstić information content (AvgIpc) is 2.93. The fourth-order valence-corrected chi connectivity index (χ4v) is 3.52. The van der Waals surface area contributed by atoms with Crippen molar-refractivity contribution in [3.05, 3.63) is 24.0 Å². The Hall–Kier alpha value is -1.37. The summed E-state index contributed by atoms with van der Waals surface area (Å²) in [6.45, 7) is 2.09. The van der Waals surface area contributed by atoms with E-state index in [-0.39, 0.29) is 22.7 Å². The highest BCUT2D eigenvalue weighted by Gasteiger charge is 2.30. The van der Waals surface area contributed by atoms with Crippen molar-refractivity contribution < 1.29 is 18.3 Å². The van der Waals surface area contributed by atoms with Gasteiger partial charge < -0.3 is 9.64 Å². The molecule has 1 aliphatic rings. The summed E-state index contributed by atoms with van der Waals surface area (Å²) >= 11 is 1.76. The minimum atomic E-state index is -2.54. The first-order valence-corrected chi connectivity index (χ1v) is 7.96. The van der Waals surface area contributed by atoms with E-state index >= 15 is 0 Å². The van der Waals surface area contributed by atoms with Gasteiger partial charge in [-0.25, -0.2) is 8.78 Å². The Balaban J connectivity index is 2.06. The number of nitrogens with zero attached hydrogens (tertiary/aromatic N) is 2. The summed E-state index contributed by atoms with van der Waals surface area (Å²) in [5.74, 6) is 0.992. The quantitative estimate of drug-likeness (QED) is 0.809. The molecule has 0 aliphatic carbocycles. The molecule has 0 spiro atoms. The first kappa shape index (κ1) is 16.0. The lowest BCUT2D eigenvalue weighted by Crippen LogP contribution is -2.35. The molecule has 21 heavy (non-hydrogen) atoms. The molecule has 116 valence electrons. The van der Waals surface area contributed by atoms with Gasteiger partial charge in [0.25, 0.3) is 12.3 Å². The molecule has 1 aromatic heterocycles. The number of hydrogen-bond acceptors (Lipinski definition) is 4. The van der Waals surface area contributed by atoms with Crippen molar-refractivity contribution in [1.82, 2.24) is 9.88 Å². The van der Waals surface area contributed by atoms with Crippen LogP contribution in [0.5, 0.6) is 5.75 Å². The van der Waals surface area contributed by atoms with Crippen LogP contribution in [0.4, 0.5) is 8.78 Å². The number of carbonyl (C=O) groups excluding carboxylic acids is 1. The summed E-state index contributed by atoms with van der Waals surface area (Å²) in [7, 11) is 0. The van der Waals surface area contributed by atoms with Crippen LogP contribution in [0.3, 0.4) is 0 Å². The lowest BCUT2D eigenvalue weighted by Gasteiger charge is -2.23. The normalized spacial score (nSPS) is 18.3. The predicted octanol–water partition coefficient (Wildman–Crippen LogP) is 3.04. The van der Waals surface area contributed by atoms with Crippen molar-refractivity contribution in [3.8, 4) is 5.75 Å². The number of alkyl halides is 2. The summed E-state index contributed by atoms with van der Waals surface area (Å²) in [6, 6.07) is 2.90. The third kappa shape index (κ3) is 4.30. The van der Waals surface area contributed by atoms with Gasteiger partial charge in [0.2, 0.25) is 0 Å². The number of carbonyl (C=O) groups is 1. The number of hydrogen-bond donors (Lipinski definition) is 0. The summed E-state index contributed by atoms with van der Waals surface area (Å²) in [6.07, 6.45) is 0.817. The maximum absolute atomic E-state index is 12.5. The van der Waals surface area contributed by atoms with Crippen LogP contribution in [-0.2, 0) is 0 Å². The molecule has 0 aromatic carbocycles. The van der Waals surface area contributed by atoms with E-state index in [1.807, 2.05) is 0 Å². The van der Waals surface area contributed by atoms with Crippen LogP contribution in [-0.4, -0.2) is 46.5 Å². The molecule has 0 bridgehead atoms. The minimum absolute atomic E-state index is 0.166. The van der Waals surface area contributed by atoms with Crippen LogP contribution >= 0.6 is 11.8 Å². The Kier molecular flexibility index (Phi) is 5.78. The van der Waals surface area contributed by atoms with E-state index in [0.29, 0.717) is 6.54 Å². The molecular formula is C14H18F2N2O2S. The zero-order chi connectivity index (χ0) is 15.2. The van der Waals surface area contributed by atoms with Crippen LogP contribution in [0.25, 0.3) is 0 Å². The lowest BCUT2D eigenvalue weighted by molar-refractivity contribution is 0.0747. The Morgan fingerprint density at radius 1 is 1.62 bits per heavy atom. The highest BCUT2D eigenvalue weighted by molar-refractivity contribution is 8.00. The number of amides is 1. The van der Waals surface area contributed by atoms with Crippen molar-refractivity contribution in [2.24, 2.45) is 0 Å². The second kappa shape index (κ2) is 7.59. The molecule has 0 radical (unpaired) electrons. The van der Waals surface area contributed by atoms with E-state index in [1.165, 1.54) is 18.3 Å². The van der Waals surface area contributed by atoms with Gasteiger partial charge in [-0.15, -0.1) is 11.8 Å². The van der Waals surface area contributed by atoms with E-state index in [4.69, 9.17) is 4.74 Å². The van der Waals surface area contributed by atoms with Gasteiger partial charge in [-0.2, -0.15) is 0 Å². The van der Waals surface area contributed by atoms with Crippen LogP contribution < -0.4 is 4.74 Å². The summed E-state index contributed by atoms with van der Waals surface area (Å²) in [5.41, 5.74) is 0.241. The molecular weight excluding hydrogens is 298 g/mol. The molecule has 1 amide bonds. The number of aromatic nitrogens is 1. The Morgan fingerprint density at radius 2 is 2.43 bits per heavy atom. The Bertz CT molecular complexity index is 488. The van der Waals surface area contributed by atoms with E-state index in [9.17, 15) is 13.6 Å². The zero-order valence-corrected chi connectivity index (χ0v) is 12.6. The lowest BCUT2D eigenvalue weighted by atomic mass is 10.2. The Morgan fingerprint density at radius 3 is 3.14 bits per heavy atom. The fourth-order valence-electron chi connectivity index (χ4n) is 2.16. The van der Waals surface area contributed by atoms with Crippen molar-refractivity contribution in [2.75, 3.05) is 18.9 Å². The largest absolute Gasteiger partial charge is 0.488 e. The number of ether oxygens (including phenoxy) is 1. The molecule has 1 saturated heterocycles. The molecule has 0 saturated carbocycles. The topological polar surface area (TPSA) is 42.4 Å². The van der Waals surface area contributed by atoms with Crippen LogP contribution in [0.2, 0.25) is 0 Å². The van der Waals surface area contributed by atoms with Crippen molar-refractivity contribution in [3.63, 3.8) is 0 Å². The number of pyridine rings is 1. The molecule has 1 unspecified atom stereocenters. The maximum Gasteiger partial charge on any atom is 0.273 e. The maximum atomic E-state index is 12.5. The Labute approximate surface area is 126 Å². The SMILES string of the molecule is CCCC1SCCN1C(=O)c1cc(OCC(F)F)ccn1. The summed E-state index contributed by atoms with van der Waals surface area (Å²) in [4.78, 5) is 18.3. The van der Waals surface area contributed by atoms with Gasteiger partial charge in [-0.1, -0.05) is 13.3 Å². The van der Waals surface area contributed by atoms with Crippen LogP contribution in [0.15, 0.2) is 18.3 Å². The highest BCUT2D eigenvalue weighted by atomic mass is 32.2. The van der Waals surface area contributed by atoms with E-state index < -0.39 is 13.0 Å². The van der Waals surface area contributed by atoms with Crippen molar-refractivity contribution in [1.29, 1.82) is 0 Å². The van der Waals surface area contributed by atoms with Gasteiger partial charge in [0.05, 0.1) is 5.37 Å². The number of halogens is 2. The summed E-state index contributed by atoms with van der Waals surface area (Å²) < 4.78 is 29.2. The van der Waals surface area contributed by atoms with Gasteiger partial charge in [0, 0.05) is 24.6 Å². The number of rotatable bonds is 6. The van der Waals surface area contributed by atoms with Crippen LogP contribution in [0.1, 0.15) is 30.3 Å². The van der Waals surface area contributed by atoms with Gasteiger partial charge >= 0.3 is 0 Å². The molecule has 1 aliphatic heterocycles. The smallest absolute Gasteiger partial charge is 0.273 e. The molecule has 2 heterocycles. The second-order valence-corrected chi connectivity index (χ2v) is 5.98. The third-order valence-corrected chi connectivity index (χ3v) is 4.41. The highest BCUT2D eigenvalue weighted by Crippen LogP contribution is 2.29. The third-order valence-electron chi connectivity index (χ3n) is 3.11. The average molecular weight is 316 g/mol.